The lowest BCUT2D eigenvalue weighted by molar-refractivity contribution is -0.151. The van der Waals surface area contributed by atoms with Crippen molar-refractivity contribution >= 4 is 11.9 Å². The highest BCUT2D eigenvalue weighted by molar-refractivity contribution is 5.86. The molecule has 0 aromatic heterocycles. The van der Waals surface area contributed by atoms with Crippen LogP contribution in [0.3, 0.4) is 0 Å². The highest BCUT2D eigenvalue weighted by Gasteiger charge is 2.34. The van der Waals surface area contributed by atoms with Crippen LogP contribution in [0.25, 0.3) is 0 Å². The molecule has 1 atom stereocenters. The van der Waals surface area contributed by atoms with Crippen LogP contribution in [0.15, 0.2) is 24.3 Å². The van der Waals surface area contributed by atoms with Crippen molar-refractivity contribution in [2.45, 2.75) is 6.04 Å². The van der Waals surface area contributed by atoms with Gasteiger partial charge in [0.25, 0.3) is 0 Å². The van der Waals surface area contributed by atoms with E-state index in [0.717, 1.165) is 0 Å². The number of aliphatic carboxylic acids is 1. The number of halogens is 1. The van der Waals surface area contributed by atoms with Gasteiger partial charge in [-0.3, -0.25) is 4.79 Å². The Labute approximate surface area is 103 Å². The van der Waals surface area contributed by atoms with E-state index >= 15 is 0 Å². The molecular formula is C12H13FN2O3. The van der Waals surface area contributed by atoms with Gasteiger partial charge in [0.15, 0.2) is 6.04 Å². The Morgan fingerprint density at radius 2 is 2.17 bits per heavy atom. The van der Waals surface area contributed by atoms with Crippen LogP contribution in [-0.4, -0.2) is 41.5 Å². The van der Waals surface area contributed by atoms with E-state index < -0.39 is 17.8 Å². The number of carboxylic acids is 1. The van der Waals surface area contributed by atoms with Crippen LogP contribution in [0.2, 0.25) is 0 Å². The van der Waals surface area contributed by atoms with Crippen LogP contribution in [-0.2, 0) is 9.59 Å². The molecule has 1 fully saturated rings. The maximum Gasteiger partial charge on any atom is 0.331 e. The quantitative estimate of drug-likeness (QED) is 0.816. The van der Waals surface area contributed by atoms with E-state index in [0.29, 0.717) is 6.54 Å². The Bertz CT molecular complexity index is 478. The summed E-state index contributed by atoms with van der Waals surface area (Å²) in [6.45, 7) is 0.840. The summed E-state index contributed by atoms with van der Waals surface area (Å²) in [5.41, 5.74) is 0.0141. The zero-order valence-corrected chi connectivity index (χ0v) is 9.60. The minimum absolute atomic E-state index is 0.0141. The zero-order chi connectivity index (χ0) is 13.1. The minimum atomic E-state index is -1.26. The Balaban J connectivity index is 2.37. The van der Waals surface area contributed by atoms with Gasteiger partial charge in [-0.1, -0.05) is 18.2 Å². The van der Waals surface area contributed by atoms with Crippen molar-refractivity contribution < 1.29 is 19.1 Å². The second-order valence-electron chi connectivity index (χ2n) is 4.03. The topological polar surface area (TPSA) is 69.6 Å². The molecule has 1 aliphatic rings. The molecule has 96 valence electrons. The van der Waals surface area contributed by atoms with E-state index in [4.69, 9.17) is 0 Å². The number of nitrogens with zero attached hydrogens (tertiary/aromatic N) is 1. The second-order valence-corrected chi connectivity index (χ2v) is 4.03. The van der Waals surface area contributed by atoms with E-state index in [2.05, 4.69) is 5.32 Å². The maximum atomic E-state index is 13.7. The molecule has 0 saturated carbocycles. The molecule has 1 amide bonds. The third-order valence-corrected chi connectivity index (χ3v) is 2.87. The zero-order valence-electron chi connectivity index (χ0n) is 9.60. The number of benzene rings is 1. The van der Waals surface area contributed by atoms with E-state index in [1.54, 1.807) is 6.07 Å². The van der Waals surface area contributed by atoms with Crippen LogP contribution < -0.4 is 5.32 Å². The molecule has 6 heteroatoms. The largest absolute Gasteiger partial charge is 0.479 e. The van der Waals surface area contributed by atoms with E-state index in [1.165, 1.54) is 23.1 Å². The fourth-order valence-corrected chi connectivity index (χ4v) is 2.03. The molecule has 0 bridgehead atoms. The summed E-state index contributed by atoms with van der Waals surface area (Å²) in [4.78, 5) is 24.2. The Kier molecular flexibility index (Phi) is 3.57. The highest BCUT2D eigenvalue weighted by Crippen LogP contribution is 2.24. The third kappa shape index (κ3) is 2.33. The van der Waals surface area contributed by atoms with Gasteiger partial charge in [0.2, 0.25) is 5.91 Å². The molecule has 1 heterocycles. The second kappa shape index (κ2) is 5.14. The van der Waals surface area contributed by atoms with Gasteiger partial charge in [-0.25, -0.2) is 9.18 Å². The Morgan fingerprint density at radius 3 is 2.78 bits per heavy atom. The summed E-state index contributed by atoms with van der Waals surface area (Å²) in [5, 5.41) is 12.1. The normalized spacial score (nSPS) is 17.6. The third-order valence-electron chi connectivity index (χ3n) is 2.87. The molecule has 1 aromatic carbocycles. The SMILES string of the molecule is O=C(O)C(c1ccccc1F)N1CCNCC1=O. The van der Waals surface area contributed by atoms with Crippen molar-refractivity contribution in [3.05, 3.63) is 35.6 Å². The first-order valence-electron chi connectivity index (χ1n) is 5.58. The van der Waals surface area contributed by atoms with E-state index in [1.807, 2.05) is 0 Å². The molecule has 1 aliphatic heterocycles. The molecule has 0 spiro atoms. The van der Waals surface area contributed by atoms with Crippen molar-refractivity contribution in [2.75, 3.05) is 19.6 Å². The molecule has 1 saturated heterocycles. The van der Waals surface area contributed by atoms with Crippen LogP contribution in [0.4, 0.5) is 4.39 Å². The number of rotatable bonds is 3. The molecule has 0 radical (unpaired) electrons. The van der Waals surface area contributed by atoms with Gasteiger partial charge in [0.1, 0.15) is 5.82 Å². The van der Waals surface area contributed by atoms with Crippen molar-refractivity contribution in [1.82, 2.24) is 10.2 Å². The molecule has 1 unspecified atom stereocenters. The monoisotopic (exact) mass is 252 g/mol. The fourth-order valence-electron chi connectivity index (χ4n) is 2.03. The Morgan fingerprint density at radius 1 is 1.44 bits per heavy atom. The summed E-state index contributed by atoms with van der Waals surface area (Å²) in [7, 11) is 0. The number of carboxylic acid groups (broad SMARTS) is 1. The van der Waals surface area contributed by atoms with Gasteiger partial charge in [-0.15, -0.1) is 0 Å². The fraction of sp³-hybridized carbons (Fsp3) is 0.333. The maximum absolute atomic E-state index is 13.7. The molecule has 2 N–H and O–H groups in total. The van der Waals surface area contributed by atoms with Gasteiger partial charge in [0, 0.05) is 18.7 Å². The van der Waals surface area contributed by atoms with Crippen LogP contribution in [0.1, 0.15) is 11.6 Å². The molecular weight excluding hydrogens is 239 g/mol. The number of carbonyl (C=O) groups excluding carboxylic acids is 1. The average molecular weight is 252 g/mol. The smallest absolute Gasteiger partial charge is 0.331 e. The highest BCUT2D eigenvalue weighted by atomic mass is 19.1. The number of nitrogens with one attached hydrogen (secondary N) is 1. The van der Waals surface area contributed by atoms with Gasteiger partial charge in [-0.05, 0) is 6.07 Å². The van der Waals surface area contributed by atoms with Crippen LogP contribution in [0.5, 0.6) is 0 Å². The van der Waals surface area contributed by atoms with Crippen molar-refractivity contribution in [3.8, 4) is 0 Å². The summed E-state index contributed by atoms with van der Waals surface area (Å²) < 4.78 is 13.7. The first-order chi connectivity index (χ1) is 8.61. The molecule has 5 nitrogen and oxygen atoms in total. The van der Waals surface area contributed by atoms with Crippen LogP contribution in [0, 0.1) is 5.82 Å². The first-order valence-corrected chi connectivity index (χ1v) is 5.58. The predicted molar refractivity (Wildman–Crippen MR) is 61.4 cm³/mol. The van der Waals surface area contributed by atoms with E-state index in [9.17, 15) is 19.1 Å². The van der Waals surface area contributed by atoms with E-state index in [-0.39, 0.29) is 24.6 Å². The number of hydrogen-bond acceptors (Lipinski definition) is 3. The van der Waals surface area contributed by atoms with Crippen molar-refractivity contribution in [1.29, 1.82) is 0 Å². The molecule has 2 rings (SSSR count). The standard InChI is InChI=1S/C12H13FN2O3/c13-9-4-2-1-3-8(9)11(12(17)18)15-6-5-14-7-10(15)16/h1-4,11,14H,5-7H2,(H,17,18). The van der Waals surface area contributed by atoms with Gasteiger partial charge >= 0.3 is 5.97 Å². The first kappa shape index (κ1) is 12.5. The predicted octanol–water partition coefficient (Wildman–Crippen LogP) is 0.383. The van der Waals surface area contributed by atoms with Gasteiger partial charge in [-0.2, -0.15) is 0 Å². The molecule has 1 aromatic rings. The number of carbonyl (C=O) groups is 2. The van der Waals surface area contributed by atoms with Gasteiger partial charge < -0.3 is 15.3 Å². The van der Waals surface area contributed by atoms with Gasteiger partial charge in [0.05, 0.1) is 6.54 Å². The molecule has 18 heavy (non-hydrogen) atoms. The number of hydrogen-bond donors (Lipinski definition) is 2. The number of amides is 1. The lowest BCUT2D eigenvalue weighted by atomic mass is 10.0. The molecule has 0 aliphatic carbocycles. The van der Waals surface area contributed by atoms with Crippen molar-refractivity contribution in [2.24, 2.45) is 0 Å². The lowest BCUT2D eigenvalue weighted by Crippen LogP contribution is -2.51. The number of piperazine rings is 1. The summed E-state index contributed by atoms with van der Waals surface area (Å²) in [6.07, 6.45) is 0. The summed E-state index contributed by atoms with van der Waals surface area (Å²) in [5.74, 6) is -2.18. The Hall–Kier alpha value is -1.95. The minimum Gasteiger partial charge on any atom is -0.479 e. The lowest BCUT2D eigenvalue weighted by Gasteiger charge is -2.32. The van der Waals surface area contributed by atoms with Crippen LogP contribution >= 0.6 is 0 Å². The average Bonchev–Trinajstić information content (AvgIpc) is 2.34. The summed E-state index contributed by atoms with van der Waals surface area (Å²) in [6, 6.07) is 4.36. The van der Waals surface area contributed by atoms with Crippen molar-refractivity contribution in [3.63, 3.8) is 0 Å². The summed E-state index contributed by atoms with van der Waals surface area (Å²) >= 11 is 0.